The lowest BCUT2D eigenvalue weighted by atomic mass is 9.95. The van der Waals surface area contributed by atoms with Gasteiger partial charge in [0, 0.05) is 12.3 Å². The van der Waals surface area contributed by atoms with Crippen LogP contribution in [0, 0.1) is 0 Å². The predicted molar refractivity (Wildman–Crippen MR) is 85.1 cm³/mol. The molecule has 0 aromatic heterocycles. The molecule has 0 spiro atoms. The summed E-state index contributed by atoms with van der Waals surface area (Å²) >= 11 is 0. The first-order valence-electron chi connectivity index (χ1n) is 7.95. The van der Waals surface area contributed by atoms with Gasteiger partial charge in [-0.1, -0.05) is 31.2 Å². The molecule has 0 radical (unpaired) electrons. The quantitative estimate of drug-likeness (QED) is 0.770. The standard InChI is InChI=1S/C18H24O4/c1-2-3-6-15(13-17(19)20)14-8-10-16(11-9-14)22-18-7-4-5-12-21-18/h3,6,8-11,15,18H,2,4-5,7,12-13H2,1H3,(H,19,20). The van der Waals surface area contributed by atoms with E-state index in [2.05, 4.69) is 0 Å². The molecule has 1 aromatic carbocycles. The molecule has 0 bridgehead atoms. The first kappa shape index (κ1) is 16.6. The lowest BCUT2D eigenvalue weighted by Crippen LogP contribution is -2.24. The molecule has 22 heavy (non-hydrogen) atoms. The summed E-state index contributed by atoms with van der Waals surface area (Å²) in [5, 5.41) is 9.04. The number of ether oxygens (including phenoxy) is 2. The van der Waals surface area contributed by atoms with Crippen molar-refractivity contribution in [3.8, 4) is 5.75 Å². The molecule has 1 saturated heterocycles. The first-order valence-corrected chi connectivity index (χ1v) is 7.95. The van der Waals surface area contributed by atoms with Gasteiger partial charge in [-0.3, -0.25) is 4.79 Å². The van der Waals surface area contributed by atoms with Crippen LogP contribution >= 0.6 is 0 Å². The van der Waals surface area contributed by atoms with E-state index in [-0.39, 0.29) is 18.6 Å². The Kier molecular flexibility index (Phi) is 6.46. The Bertz CT molecular complexity index is 486. The Labute approximate surface area is 131 Å². The molecule has 120 valence electrons. The van der Waals surface area contributed by atoms with Crippen LogP contribution < -0.4 is 4.74 Å². The van der Waals surface area contributed by atoms with E-state index in [9.17, 15) is 4.79 Å². The summed E-state index contributed by atoms with van der Waals surface area (Å²) in [6.07, 6.45) is 7.96. The molecular formula is C18H24O4. The van der Waals surface area contributed by atoms with Crippen LogP contribution in [0.5, 0.6) is 5.75 Å². The third kappa shape index (κ3) is 5.19. The monoisotopic (exact) mass is 304 g/mol. The van der Waals surface area contributed by atoms with Crippen LogP contribution in [0.3, 0.4) is 0 Å². The SMILES string of the molecule is CCC=CC(CC(=O)O)c1ccc(OC2CCCCO2)cc1. The van der Waals surface area contributed by atoms with Gasteiger partial charge in [0.1, 0.15) is 5.75 Å². The topological polar surface area (TPSA) is 55.8 Å². The minimum absolute atomic E-state index is 0.0996. The van der Waals surface area contributed by atoms with Gasteiger partial charge in [0.25, 0.3) is 0 Å². The number of hydrogen-bond donors (Lipinski definition) is 1. The second-order valence-corrected chi connectivity index (χ2v) is 5.52. The lowest BCUT2D eigenvalue weighted by molar-refractivity contribution is -0.137. The summed E-state index contributed by atoms with van der Waals surface area (Å²) in [5.41, 5.74) is 0.990. The molecular weight excluding hydrogens is 280 g/mol. The Balaban J connectivity index is 2.01. The van der Waals surface area contributed by atoms with E-state index in [1.54, 1.807) is 0 Å². The number of aliphatic carboxylic acids is 1. The minimum Gasteiger partial charge on any atom is -0.481 e. The Morgan fingerprint density at radius 1 is 1.41 bits per heavy atom. The maximum atomic E-state index is 11.0. The number of allylic oxidation sites excluding steroid dienone is 2. The molecule has 1 heterocycles. The van der Waals surface area contributed by atoms with Crippen molar-refractivity contribution in [3.05, 3.63) is 42.0 Å². The van der Waals surface area contributed by atoms with Crippen LogP contribution in [0.4, 0.5) is 0 Å². The molecule has 0 saturated carbocycles. The first-order chi connectivity index (χ1) is 10.7. The predicted octanol–water partition coefficient (Wildman–Crippen LogP) is 4.12. The molecule has 4 nitrogen and oxygen atoms in total. The van der Waals surface area contributed by atoms with Gasteiger partial charge in [-0.2, -0.15) is 0 Å². The highest BCUT2D eigenvalue weighted by Crippen LogP contribution is 2.25. The summed E-state index contributed by atoms with van der Waals surface area (Å²) in [5.74, 6) is -0.122. The number of carboxylic acid groups (broad SMARTS) is 1. The van der Waals surface area contributed by atoms with E-state index in [0.717, 1.165) is 43.6 Å². The average Bonchev–Trinajstić information content (AvgIpc) is 2.53. The van der Waals surface area contributed by atoms with E-state index in [0.29, 0.717) is 0 Å². The van der Waals surface area contributed by atoms with Gasteiger partial charge in [-0.25, -0.2) is 0 Å². The van der Waals surface area contributed by atoms with Crippen molar-refractivity contribution in [1.29, 1.82) is 0 Å². The van der Waals surface area contributed by atoms with Crippen molar-refractivity contribution in [2.24, 2.45) is 0 Å². The maximum Gasteiger partial charge on any atom is 0.304 e. The highest BCUT2D eigenvalue weighted by atomic mass is 16.7. The van der Waals surface area contributed by atoms with E-state index >= 15 is 0 Å². The lowest BCUT2D eigenvalue weighted by Gasteiger charge is -2.23. The summed E-state index contributed by atoms with van der Waals surface area (Å²) in [6.45, 7) is 2.79. The smallest absolute Gasteiger partial charge is 0.304 e. The Morgan fingerprint density at radius 2 is 2.18 bits per heavy atom. The minimum atomic E-state index is -0.790. The van der Waals surface area contributed by atoms with Gasteiger partial charge in [0.2, 0.25) is 0 Å². The largest absolute Gasteiger partial charge is 0.481 e. The van der Waals surface area contributed by atoms with Crippen LogP contribution in [0.25, 0.3) is 0 Å². The normalized spacial score (nSPS) is 20.0. The highest BCUT2D eigenvalue weighted by molar-refractivity contribution is 5.68. The Morgan fingerprint density at radius 3 is 2.77 bits per heavy atom. The summed E-state index contributed by atoms with van der Waals surface area (Å²) in [7, 11) is 0. The van der Waals surface area contributed by atoms with Crippen molar-refractivity contribution in [2.45, 2.75) is 51.2 Å². The fraction of sp³-hybridized carbons (Fsp3) is 0.500. The van der Waals surface area contributed by atoms with E-state index < -0.39 is 5.97 Å². The van der Waals surface area contributed by atoms with E-state index in [1.807, 2.05) is 43.3 Å². The number of benzene rings is 1. The van der Waals surface area contributed by atoms with Gasteiger partial charge in [0.15, 0.2) is 6.29 Å². The third-order valence-electron chi connectivity index (χ3n) is 3.71. The molecule has 2 atom stereocenters. The van der Waals surface area contributed by atoms with Gasteiger partial charge in [-0.05, 0) is 37.0 Å². The van der Waals surface area contributed by atoms with Gasteiger partial charge >= 0.3 is 5.97 Å². The third-order valence-corrected chi connectivity index (χ3v) is 3.71. The zero-order chi connectivity index (χ0) is 15.8. The number of carbonyl (C=O) groups is 1. The van der Waals surface area contributed by atoms with Crippen LogP contribution in [-0.2, 0) is 9.53 Å². The Hall–Kier alpha value is -1.81. The molecule has 0 amide bonds. The van der Waals surface area contributed by atoms with Crippen LogP contribution in [-0.4, -0.2) is 24.0 Å². The molecule has 1 N–H and O–H groups in total. The van der Waals surface area contributed by atoms with Crippen molar-refractivity contribution in [2.75, 3.05) is 6.61 Å². The van der Waals surface area contributed by atoms with Crippen molar-refractivity contribution >= 4 is 5.97 Å². The van der Waals surface area contributed by atoms with Gasteiger partial charge in [0.05, 0.1) is 13.0 Å². The van der Waals surface area contributed by atoms with Crippen molar-refractivity contribution in [3.63, 3.8) is 0 Å². The van der Waals surface area contributed by atoms with Crippen LogP contribution in [0.1, 0.15) is 50.5 Å². The highest BCUT2D eigenvalue weighted by Gasteiger charge is 2.16. The summed E-state index contributed by atoms with van der Waals surface area (Å²) in [4.78, 5) is 11.0. The molecule has 1 aliphatic heterocycles. The number of hydrogen-bond acceptors (Lipinski definition) is 3. The van der Waals surface area contributed by atoms with Gasteiger partial charge in [-0.15, -0.1) is 0 Å². The number of carboxylic acids is 1. The maximum absolute atomic E-state index is 11.0. The molecule has 1 aromatic rings. The van der Waals surface area contributed by atoms with Crippen LogP contribution in [0.15, 0.2) is 36.4 Å². The zero-order valence-electron chi connectivity index (χ0n) is 13.0. The second-order valence-electron chi connectivity index (χ2n) is 5.52. The van der Waals surface area contributed by atoms with E-state index in [4.69, 9.17) is 14.6 Å². The average molecular weight is 304 g/mol. The van der Waals surface area contributed by atoms with Crippen LogP contribution in [0.2, 0.25) is 0 Å². The van der Waals surface area contributed by atoms with Crippen molar-refractivity contribution < 1.29 is 19.4 Å². The second kappa shape index (κ2) is 8.59. The van der Waals surface area contributed by atoms with Gasteiger partial charge < -0.3 is 14.6 Å². The van der Waals surface area contributed by atoms with E-state index in [1.165, 1.54) is 0 Å². The summed E-state index contributed by atoms with van der Waals surface area (Å²) in [6, 6.07) is 7.65. The molecule has 2 unspecified atom stereocenters. The zero-order valence-corrected chi connectivity index (χ0v) is 13.0. The fourth-order valence-electron chi connectivity index (χ4n) is 2.53. The molecule has 2 rings (SSSR count). The molecule has 1 aliphatic rings. The molecule has 0 aliphatic carbocycles. The molecule has 1 fully saturated rings. The fourth-order valence-corrected chi connectivity index (χ4v) is 2.53. The number of rotatable bonds is 7. The van der Waals surface area contributed by atoms with Crippen molar-refractivity contribution in [1.82, 2.24) is 0 Å². The molecule has 4 heteroatoms. The summed E-state index contributed by atoms with van der Waals surface area (Å²) < 4.78 is 11.3.